The number of anilines is 1. The molecule has 1 N–H and O–H groups in total. The van der Waals surface area contributed by atoms with E-state index in [1.807, 2.05) is 37.1 Å². The Bertz CT molecular complexity index is 1170. The Morgan fingerprint density at radius 1 is 0.839 bits per heavy atom. The minimum Gasteiger partial charge on any atom is -0.363 e. The van der Waals surface area contributed by atoms with E-state index in [0.29, 0.717) is 5.92 Å². The molecule has 0 aliphatic rings. The highest BCUT2D eigenvalue weighted by Gasteiger charge is 2.11. The van der Waals surface area contributed by atoms with Gasteiger partial charge in [-0.1, -0.05) is 56.3 Å². The summed E-state index contributed by atoms with van der Waals surface area (Å²) in [5.41, 5.74) is 6.83. The Morgan fingerprint density at radius 3 is 2.29 bits per heavy atom. The van der Waals surface area contributed by atoms with Crippen molar-refractivity contribution in [1.82, 2.24) is 19.7 Å². The first kappa shape index (κ1) is 20.8. The number of benzene rings is 2. The zero-order valence-electron chi connectivity index (χ0n) is 18.8. The summed E-state index contributed by atoms with van der Waals surface area (Å²) < 4.78 is 1.82. The van der Waals surface area contributed by atoms with E-state index in [-0.39, 0.29) is 6.04 Å². The fourth-order valence-corrected chi connectivity index (χ4v) is 3.69. The molecule has 0 radical (unpaired) electrons. The normalized spacial score (nSPS) is 12.2. The second-order valence-corrected chi connectivity index (χ2v) is 8.36. The van der Waals surface area contributed by atoms with Gasteiger partial charge in [-0.3, -0.25) is 4.68 Å². The highest BCUT2D eigenvalue weighted by Crippen LogP contribution is 2.27. The van der Waals surface area contributed by atoms with Gasteiger partial charge in [0.1, 0.15) is 11.6 Å². The summed E-state index contributed by atoms with van der Waals surface area (Å²) in [6, 6.07) is 19.3. The van der Waals surface area contributed by atoms with Crippen LogP contribution in [0.4, 0.5) is 5.82 Å². The number of rotatable bonds is 6. The van der Waals surface area contributed by atoms with Crippen LogP contribution < -0.4 is 5.32 Å². The van der Waals surface area contributed by atoms with Crippen LogP contribution in [0.15, 0.2) is 67.0 Å². The highest BCUT2D eigenvalue weighted by atomic mass is 15.2. The van der Waals surface area contributed by atoms with E-state index in [9.17, 15) is 0 Å². The van der Waals surface area contributed by atoms with Crippen LogP contribution in [0.1, 0.15) is 49.7 Å². The van der Waals surface area contributed by atoms with E-state index in [0.717, 1.165) is 34.0 Å². The zero-order chi connectivity index (χ0) is 22.0. The van der Waals surface area contributed by atoms with Crippen LogP contribution in [0, 0.1) is 6.92 Å². The van der Waals surface area contributed by atoms with Crippen molar-refractivity contribution < 1.29 is 0 Å². The quantitative estimate of drug-likeness (QED) is 0.413. The van der Waals surface area contributed by atoms with Crippen molar-refractivity contribution in [3.05, 3.63) is 83.9 Å². The average molecular weight is 412 g/mol. The number of nitrogens with zero attached hydrogens (tertiary/aromatic N) is 4. The van der Waals surface area contributed by atoms with Gasteiger partial charge in [-0.15, -0.1) is 0 Å². The first-order chi connectivity index (χ1) is 14.9. The zero-order valence-corrected chi connectivity index (χ0v) is 18.8. The van der Waals surface area contributed by atoms with E-state index < -0.39 is 0 Å². The molecule has 2 heterocycles. The molecular weight excluding hydrogens is 382 g/mol. The Labute approximate surface area is 184 Å². The molecule has 0 saturated carbocycles. The van der Waals surface area contributed by atoms with Gasteiger partial charge in [0.05, 0.1) is 11.9 Å². The van der Waals surface area contributed by atoms with Gasteiger partial charge in [0.25, 0.3) is 0 Å². The van der Waals surface area contributed by atoms with Gasteiger partial charge in [0, 0.05) is 36.5 Å². The van der Waals surface area contributed by atoms with Gasteiger partial charge in [0.15, 0.2) is 0 Å². The second kappa shape index (κ2) is 8.72. The van der Waals surface area contributed by atoms with Crippen LogP contribution in [0.2, 0.25) is 0 Å². The SMILES string of the molecule is Cc1nc(NC(C)c2cccc(-c3cnn(C)c3)c2)cc(-c2ccc(C(C)C)cc2)n1. The van der Waals surface area contributed by atoms with Crippen molar-refractivity contribution in [3.63, 3.8) is 0 Å². The third-order valence-electron chi connectivity index (χ3n) is 5.50. The monoisotopic (exact) mass is 411 g/mol. The van der Waals surface area contributed by atoms with Gasteiger partial charge < -0.3 is 5.32 Å². The van der Waals surface area contributed by atoms with Gasteiger partial charge in [-0.05, 0) is 42.5 Å². The maximum Gasteiger partial charge on any atom is 0.130 e. The summed E-state index contributed by atoms with van der Waals surface area (Å²) in [6.45, 7) is 8.49. The lowest BCUT2D eigenvalue weighted by Gasteiger charge is -2.17. The Hall–Kier alpha value is -3.47. The molecule has 31 heavy (non-hydrogen) atoms. The van der Waals surface area contributed by atoms with Crippen LogP contribution in [0.25, 0.3) is 22.4 Å². The van der Waals surface area contributed by atoms with Crippen molar-refractivity contribution >= 4 is 5.82 Å². The number of nitrogens with one attached hydrogen (secondary N) is 1. The molecule has 0 bridgehead atoms. The van der Waals surface area contributed by atoms with Crippen molar-refractivity contribution in [1.29, 1.82) is 0 Å². The maximum atomic E-state index is 4.65. The van der Waals surface area contributed by atoms with E-state index in [2.05, 4.69) is 89.7 Å². The minimum absolute atomic E-state index is 0.0992. The molecule has 158 valence electrons. The van der Waals surface area contributed by atoms with Crippen molar-refractivity contribution in [2.45, 2.75) is 39.7 Å². The predicted molar refractivity (Wildman–Crippen MR) is 127 cm³/mol. The molecule has 1 atom stereocenters. The summed E-state index contributed by atoms with van der Waals surface area (Å²) in [5.74, 6) is 2.10. The Kier molecular flexibility index (Phi) is 5.85. The summed E-state index contributed by atoms with van der Waals surface area (Å²) >= 11 is 0. The van der Waals surface area contributed by atoms with Crippen LogP contribution in [-0.4, -0.2) is 19.7 Å². The summed E-state index contributed by atoms with van der Waals surface area (Å²) in [7, 11) is 1.93. The molecule has 0 amide bonds. The molecular formula is C26H29N5. The molecule has 4 rings (SSSR count). The smallest absolute Gasteiger partial charge is 0.130 e. The van der Waals surface area contributed by atoms with Crippen LogP contribution in [-0.2, 0) is 7.05 Å². The lowest BCUT2D eigenvalue weighted by atomic mass is 10.0. The predicted octanol–water partition coefficient (Wildman–Crippen LogP) is 6.15. The Morgan fingerprint density at radius 2 is 1.61 bits per heavy atom. The molecule has 0 aliphatic heterocycles. The van der Waals surface area contributed by atoms with E-state index in [1.54, 1.807) is 0 Å². The molecule has 2 aromatic heterocycles. The summed E-state index contributed by atoms with van der Waals surface area (Å²) in [4.78, 5) is 9.27. The van der Waals surface area contributed by atoms with Crippen molar-refractivity contribution in [3.8, 4) is 22.4 Å². The highest BCUT2D eigenvalue weighted by molar-refractivity contribution is 5.64. The third-order valence-corrected chi connectivity index (χ3v) is 5.50. The molecule has 5 heteroatoms. The number of hydrogen-bond acceptors (Lipinski definition) is 4. The molecule has 4 aromatic rings. The maximum absolute atomic E-state index is 4.65. The van der Waals surface area contributed by atoms with Crippen LogP contribution >= 0.6 is 0 Å². The first-order valence-electron chi connectivity index (χ1n) is 10.7. The fourth-order valence-electron chi connectivity index (χ4n) is 3.69. The number of aromatic nitrogens is 4. The van der Waals surface area contributed by atoms with Gasteiger partial charge >= 0.3 is 0 Å². The van der Waals surface area contributed by atoms with E-state index in [4.69, 9.17) is 0 Å². The second-order valence-electron chi connectivity index (χ2n) is 8.36. The van der Waals surface area contributed by atoms with Crippen LogP contribution in [0.5, 0.6) is 0 Å². The molecule has 2 aromatic carbocycles. The minimum atomic E-state index is 0.0992. The molecule has 0 spiro atoms. The summed E-state index contributed by atoms with van der Waals surface area (Å²) in [5, 5.41) is 7.83. The van der Waals surface area contributed by atoms with E-state index in [1.165, 1.54) is 11.1 Å². The van der Waals surface area contributed by atoms with Gasteiger partial charge in [0.2, 0.25) is 0 Å². The van der Waals surface area contributed by atoms with E-state index >= 15 is 0 Å². The molecule has 0 fully saturated rings. The van der Waals surface area contributed by atoms with Crippen molar-refractivity contribution in [2.75, 3.05) is 5.32 Å². The van der Waals surface area contributed by atoms with Crippen LogP contribution in [0.3, 0.4) is 0 Å². The first-order valence-corrected chi connectivity index (χ1v) is 10.7. The Balaban J connectivity index is 1.57. The topological polar surface area (TPSA) is 55.6 Å². The number of hydrogen-bond donors (Lipinski definition) is 1. The lowest BCUT2D eigenvalue weighted by molar-refractivity contribution is 0.768. The van der Waals surface area contributed by atoms with Gasteiger partial charge in [-0.2, -0.15) is 5.10 Å². The molecule has 0 aliphatic carbocycles. The third kappa shape index (κ3) is 4.82. The standard InChI is InChI=1S/C26H29N5/c1-17(2)20-9-11-21(12-10-20)25-14-26(30-19(4)29-25)28-18(3)22-7-6-8-23(13-22)24-15-27-31(5)16-24/h6-18H,1-5H3,(H,28,29,30). The molecule has 5 nitrogen and oxygen atoms in total. The fraction of sp³-hybridized carbons (Fsp3) is 0.269. The lowest BCUT2D eigenvalue weighted by Crippen LogP contribution is -2.09. The number of aryl methyl sites for hydroxylation is 2. The molecule has 1 unspecified atom stereocenters. The van der Waals surface area contributed by atoms with Gasteiger partial charge in [-0.25, -0.2) is 9.97 Å². The summed E-state index contributed by atoms with van der Waals surface area (Å²) in [6.07, 6.45) is 3.92. The largest absolute Gasteiger partial charge is 0.363 e. The molecule has 0 saturated heterocycles. The van der Waals surface area contributed by atoms with Crippen molar-refractivity contribution in [2.24, 2.45) is 7.05 Å². The average Bonchev–Trinajstić information content (AvgIpc) is 3.20.